The Labute approximate surface area is 163 Å². The Morgan fingerprint density at radius 1 is 1.00 bits per heavy atom. The van der Waals surface area contributed by atoms with Gasteiger partial charge in [-0.15, -0.1) is 0 Å². The summed E-state index contributed by atoms with van der Waals surface area (Å²) in [4.78, 5) is 38.7. The van der Waals surface area contributed by atoms with Crippen LogP contribution in [0, 0.1) is 5.92 Å². The lowest BCUT2D eigenvalue weighted by molar-refractivity contribution is -0.134. The van der Waals surface area contributed by atoms with E-state index in [4.69, 9.17) is 9.47 Å². The number of barbiturate groups is 1. The minimum atomic E-state index is -1.04. The Morgan fingerprint density at radius 2 is 1.71 bits per heavy atom. The highest BCUT2D eigenvalue weighted by Gasteiger charge is 2.41. The first-order valence-electron chi connectivity index (χ1n) is 8.97. The molecule has 1 aliphatic rings. The average molecular weight is 382 g/mol. The number of carbonyl (C=O) groups excluding carboxylic acids is 3. The summed E-state index contributed by atoms with van der Waals surface area (Å²) in [5.41, 5.74) is 2.19. The third-order valence-electron chi connectivity index (χ3n) is 4.79. The molecular formula is C21H22N2O5. The van der Waals surface area contributed by atoms with Crippen molar-refractivity contribution in [1.29, 1.82) is 0 Å². The molecule has 0 bridgehead atoms. The number of benzene rings is 2. The smallest absolute Gasteiger partial charge is 0.335 e. The van der Waals surface area contributed by atoms with E-state index in [-0.39, 0.29) is 6.42 Å². The SMILES string of the molecule is CCc1ccc(N2C(=O)NC(=O)[C@@H](Cc3ccc(OC)cc3OC)C2=O)cc1. The van der Waals surface area contributed by atoms with Crippen LogP contribution in [0.4, 0.5) is 10.5 Å². The van der Waals surface area contributed by atoms with Crippen LogP contribution in [0.15, 0.2) is 42.5 Å². The van der Waals surface area contributed by atoms with Gasteiger partial charge in [0.1, 0.15) is 17.4 Å². The number of carbonyl (C=O) groups is 3. The summed E-state index contributed by atoms with van der Waals surface area (Å²) in [6.45, 7) is 2.02. The lowest BCUT2D eigenvalue weighted by Crippen LogP contribution is -2.58. The molecular weight excluding hydrogens is 360 g/mol. The van der Waals surface area contributed by atoms with Crippen molar-refractivity contribution in [2.24, 2.45) is 5.92 Å². The Kier molecular flexibility index (Phi) is 5.63. The van der Waals surface area contributed by atoms with Crippen molar-refractivity contribution in [3.8, 4) is 11.5 Å². The van der Waals surface area contributed by atoms with Gasteiger partial charge in [0.15, 0.2) is 0 Å². The normalized spacial score (nSPS) is 16.8. The molecule has 0 spiro atoms. The van der Waals surface area contributed by atoms with Crippen LogP contribution in [0.1, 0.15) is 18.1 Å². The van der Waals surface area contributed by atoms with E-state index in [0.717, 1.165) is 16.9 Å². The van der Waals surface area contributed by atoms with Gasteiger partial charge in [0, 0.05) is 6.07 Å². The number of amides is 4. The lowest BCUT2D eigenvalue weighted by Gasteiger charge is -2.30. The maximum Gasteiger partial charge on any atom is 0.335 e. The number of nitrogens with one attached hydrogen (secondary N) is 1. The van der Waals surface area contributed by atoms with Crippen molar-refractivity contribution >= 4 is 23.5 Å². The van der Waals surface area contributed by atoms with Crippen LogP contribution < -0.4 is 19.7 Å². The van der Waals surface area contributed by atoms with E-state index in [1.54, 1.807) is 37.4 Å². The summed E-state index contributed by atoms with van der Waals surface area (Å²) in [6, 6.07) is 11.5. The first kappa shape index (κ1) is 19.4. The summed E-state index contributed by atoms with van der Waals surface area (Å²) in [5, 5.41) is 2.28. The van der Waals surface area contributed by atoms with Crippen LogP contribution >= 0.6 is 0 Å². The topological polar surface area (TPSA) is 84.9 Å². The highest BCUT2D eigenvalue weighted by Crippen LogP contribution is 2.29. The third kappa shape index (κ3) is 3.69. The number of rotatable bonds is 6. The largest absolute Gasteiger partial charge is 0.497 e. The molecule has 1 atom stereocenters. The molecule has 2 aromatic carbocycles. The summed E-state index contributed by atoms with van der Waals surface area (Å²) in [7, 11) is 3.05. The quantitative estimate of drug-likeness (QED) is 0.777. The molecule has 7 heteroatoms. The summed E-state index contributed by atoms with van der Waals surface area (Å²) in [6.07, 6.45) is 0.952. The van der Waals surface area contributed by atoms with Crippen LogP contribution in [0.25, 0.3) is 0 Å². The summed E-state index contributed by atoms with van der Waals surface area (Å²) in [5.74, 6) is -1.10. The second kappa shape index (κ2) is 8.12. The second-order valence-corrected chi connectivity index (χ2v) is 6.42. The van der Waals surface area contributed by atoms with Crippen LogP contribution in [0.5, 0.6) is 11.5 Å². The standard InChI is InChI=1S/C21H22N2O5/c1-4-13-5-8-15(9-6-13)23-20(25)17(19(24)22-21(23)26)11-14-7-10-16(27-2)12-18(14)28-3/h5-10,12,17H,4,11H2,1-3H3,(H,22,24,26)/t17-/m1/s1. The maximum absolute atomic E-state index is 13.0. The van der Waals surface area contributed by atoms with Gasteiger partial charge in [0.05, 0.1) is 19.9 Å². The highest BCUT2D eigenvalue weighted by atomic mass is 16.5. The van der Waals surface area contributed by atoms with Crippen molar-refractivity contribution in [1.82, 2.24) is 5.32 Å². The van der Waals surface area contributed by atoms with Crippen molar-refractivity contribution in [2.75, 3.05) is 19.1 Å². The minimum absolute atomic E-state index is 0.106. The fourth-order valence-corrected chi connectivity index (χ4v) is 3.16. The number of hydrogen-bond acceptors (Lipinski definition) is 5. The van der Waals surface area contributed by atoms with Crippen molar-refractivity contribution in [3.05, 3.63) is 53.6 Å². The molecule has 0 saturated carbocycles. The van der Waals surface area contributed by atoms with E-state index in [9.17, 15) is 14.4 Å². The molecule has 2 aromatic rings. The highest BCUT2D eigenvalue weighted by molar-refractivity contribution is 6.27. The Bertz CT molecular complexity index is 908. The Balaban J connectivity index is 1.89. The molecule has 3 rings (SSSR count). The van der Waals surface area contributed by atoms with Crippen molar-refractivity contribution in [3.63, 3.8) is 0 Å². The van der Waals surface area contributed by atoms with Crippen LogP contribution in [-0.4, -0.2) is 32.1 Å². The first-order valence-corrected chi connectivity index (χ1v) is 8.97. The van der Waals surface area contributed by atoms with E-state index in [1.807, 2.05) is 19.1 Å². The number of methoxy groups -OCH3 is 2. The number of ether oxygens (including phenoxy) is 2. The number of aryl methyl sites for hydroxylation is 1. The average Bonchev–Trinajstić information content (AvgIpc) is 2.71. The van der Waals surface area contributed by atoms with Crippen molar-refractivity contribution < 1.29 is 23.9 Å². The fraction of sp³-hybridized carbons (Fsp3) is 0.286. The summed E-state index contributed by atoms with van der Waals surface area (Å²) < 4.78 is 10.5. The van der Waals surface area contributed by atoms with E-state index >= 15 is 0 Å². The molecule has 1 aliphatic heterocycles. The van der Waals surface area contributed by atoms with E-state index < -0.39 is 23.8 Å². The third-order valence-corrected chi connectivity index (χ3v) is 4.79. The molecule has 1 saturated heterocycles. The molecule has 0 unspecified atom stereocenters. The van der Waals surface area contributed by atoms with E-state index in [0.29, 0.717) is 22.7 Å². The van der Waals surface area contributed by atoms with Crippen LogP contribution in [0.2, 0.25) is 0 Å². The molecule has 1 fully saturated rings. The fourth-order valence-electron chi connectivity index (χ4n) is 3.16. The van der Waals surface area contributed by atoms with Gasteiger partial charge in [-0.3, -0.25) is 14.9 Å². The van der Waals surface area contributed by atoms with E-state index in [2.05, 4.69) is 5.32 Å². The molecule has 28 heavy (non-hydrogen) atoms. The van der Waals surface area contributed by atoms with Gasteiger partial charge in [0.25, 0.3) is 0 Å². The van der Waals surface area contributed by atoms with Gasteiger partial charge in [-0.2, -0.15) is 0 Å². The zero-order chi connectivity index (χ0) is 20.3. The second-order valence-electron chi connectivity index (χ2n) is 6.42. The summed E-state index contributed by atoms with van der Waals surface area (Å²) >= 11 is 0. The van der Waals surface area contributed by atoms with Gasteiger partial charge in [-0.1, -0.05) is 25.1 Å². The Hall–Kier alpha value is -3.35. The predicted molar refractivity (Wildman–Crippen MR) is 104 cm³/mol. The van der Waals surface area contributed by atoms with Crippen LogP contribution in [-0.2, 0) is 22.4 Å². The monoisotopic (exact) mass is 382 g/mol. The molecule has 1 N–H and O–H groups in total. The van der Waals surface area contributed by atoms with Crippen molar-refractivity contribution in [2.45, 2.75) is 19.8 Å². The number of urea groups is 1. The van der Waals surface area contributed by atoms with Gasteiger partial charge in [-0.25, -0.2) is 9.69 Å². The molecule has 146 valence electrons. The predicted octanol–water partition coefficient (Wildman–Crippen LogP) is 2.71. The van der Waals surface area contributed by atoms with Gasteiger partial charge in [-0.05, 0) is 42.2 Å². The zero-order valence-corrected chi connectivity index (χ0v) is 16.0. The molecule has 0 aromatic heterocycles. The van der Waals surface area contributed by atoms with Gasteiger partial charge >= 0.3 is 6.03 Å². The number of anilines is 1. The number of hydrogen-bond donors (Lipinski definition) is 1. The number of nitrogens with zero attached hydrogens (tertiary/aromatic N) is 1. The lowest BCUT2D eigenvalue weighted by atomic mass is 9.94. The Morgan fingerprint density at radius 3 is 2.32 bits per heavy atom. The van der Waals surface area contributed by atoms with E-state index in [1.165, 1.54) is 7.11 Å². The van der Waals surface area contributed by atoms with Crippen LogP contribution in [0.3, 0.4) is 0 Å². The molecule has 4 amide bonds. The van der Waals surface area contributed by atoms with Gasteiger partial charge < -0.3 is 9.47 Å². The van der Waals surface area contributed by atoms with Gasteiger partial charge in [0.2, 0.25) is 11.8 Å². The molecule has 7 nitrogen and oxygen atoms in total. The molecule has 1 heterocycles. The first-order chi connectivity index (χ1) is 13.5. The maximum atomic E-state index is 13.0. The molecule has 0 radical (unpaired) electrons. The molecule has 0 aliphatic carbocycles. The minimum Gasteiger partial charge on any atom is -0.497 e. The number of imide groups is 2. The zero-order valence-electron chi connectivity index (χ0n) is 16.0.